The third-order valence-corrected chi connectivity index (χ3v) is 3.22. The number of rotatable bonds is 1. The summed E-state index contributed by atoms with van der Waals surface area (Å²) in [5.41, 5.74) is 1.86. The van der Waals surface area contributed by atoms with Gasteiger partial charge in [0, 0.05) is 5.56 Å². The largest absolute Gasteiger partial charge is 0.486 e. The second kappa shape index (κ2) is 4.02. The minimum atomic E-state index is -0.518. The Hall–Kier alpha value is -0.740. The zero-order chi connectivity index (χ0) is 11.0. The highest BCUT2D eigenvalue weighted by atomic mass is 79.9. The smallest absolute Gasteiger partial charge is 0.175 e. The highest BCUT2D eigenvalue weighted by molar-refractivity contribution is 9.10. The first-order valence-electron chi connectivity index (χ1n) is 4.88. The lowest BCUT2D eigenvalue weighted by atomic mass is 10.0. The molecule has 4 heteroatoms. The van der Waals surface area contributed by atoms with Gasteiger partial charge >= 0.3 is 0 Å². The average molecular weight is 273 g/mol. The van der Waals surface area contributed by atoms with Gasteiger partial charge in [-0.1, -0.05) is 0 Å². The fraction of sp³-hybridized carbons (Fsp3) is 0.455. The van der Waals surface area contributed by atoms with Gasteiger partial charge in [-0.2, -0.15) is 0 Å². The van der Waals surface area contributed by atoms with E-state index >= 15 is 0 Å². The van der Waals surface area contributed by atoms with Crippen molar-refractivity contribution in [2.24, 2.45) is 0 Å². The average Bonchev–Trinajstić information content (AvgIpc) is 2.17. The molecule has 1 aromatic carbocycles. The molecule has 0 radical (unpaired) electrons. The van der Waals surface area contributed by atoms with Crippen molar-refractivity contribution in [1.82, 2.24) is 0 Å². The number of halogens is 1. The summed E-state index contributed by atoms with van der Waals surface area (Å²) in [7, 11) is 0. The van der Waals surface area contributed by atoms with Crippen LogP contribution in [0.15, 0.2) is 10.5 Å². The maximum absolute atomic E-state index is 9.66. The summed E-state index contributed by atoms with van der Waals surface area (Å²) in [4.78, 5) is 0. The standard InChI is InChI=1S/C11H13BrO3/c1-6-5-8-11(15-4-3-14-8)10(12)9(6)7(2)13/h5,7,13H,3-4H2,1-2H3. The van der Waals surface area contributed by atoms with Crippen LogP contribution < -0.4 is 9.47 Å². The van der Waals surface area contributed by atoms with Gasteiger partial charge in [-0.15, -0.1) is 0 Å². The van der Waals surface area contributed by atoms with Gasteiger partial charge in [0.1, 0.15) is 13.2 Å². The Bertz CT molecular complexity index is 388. The molecule has 15 heavy (non-hydrogen) atoms. The number of aryl methyl sites for hydroxylation is 1. The van der Waals surface area contributed by atoms with E-state index in [4.69, 9.17) is 9.47 Å². The van der Waals surface area contributed by atoms with Gasteiger partial charge in [0.25, 0.3) is 0 Å². The van der Waals surface area contributed by atoms with Crippen LogP contribution in [0.2, 0.25) is 0 Å². The fourth-order valence-electron chi connectivity index (χ4n) is 1.79. The van der Waals surface area contributed by atoms with Crippen LogP contribution in [0.25, 0.3) is 0 Å². The lowest BCUT2D eigenvalue weighted by Gasteiger charge is -2.23. The summed E-state index contributed by atoms with van der Waals surface area (Å²) in [5, 5.41) is 9.66. The molecule has 82 valence electrons. The first-order valence-corrected chi connectivity index (χ1v) is 5.67. The van der Waals surface area contributed by atoms with Crippen LogP contribution in [0.5, 0.6) is 11.5 Å². The van der Waals surface area contributed by atoms with Crippen molar-refractivity contribution in [3.8, 4) is 11.5 Å². The van der Waals surface area contributed by atoms with Crippen molar-refractivity contribution in [2.75, 3.05) is 13.2 Å². The fourth-order valence-corrected chi connectivity index (χ4v) is 2.75. The Kier molecular flexibility index (Phi) is 2.89. The Balaban J connectivity index is 2.59. The molecular formula is C11H13BrO3. The monoisotopic (exact) mass is 272 g/mol. The van der Waals surface area contributed by atoms with Gasteiger partial charge in [-0.3, -0.25) is 0 Å². The molecule has 0 amide bonds. The van der Waals surface area contributed by atoms with Gasteiger partial charge in [0.05, 0.1) is 10.6 Å². The van der Waals surface area contributed by atoms with Crippen molar-refractivity contribution in [2.45, 2.75) is 20.0 Å². The molecule has 0 bridgehead atoms. The number of hydrogen-bond donors (Lipinski definition) is 1. The van der Waals surface area contributed by atoms with Crippen LogP contribution in [0, 0.1) is 6.92 Å². The van der Waals surface area contributed by atoms with Gasteiger partial charge in [-0.25, -0.2) is 0 Å². The molecule has 0 aromatic heterocycles. The molecule has 1 unspecified atom stereocenters. The van der Waals surface area contributed by atoms with Crippen LogP contribution >= 0.6 is 15.9 Å². The van der Waals surface area contributed by atoms with E-state index in [1.165, 1.54) is 0 Å². The van der Waals surface area contributed by atoms with E-state index in [1.54, 1.807) is 6.92 Å². The van der Waals surface area contributed by atoms with Crippen molar-refractivity contribution >= 4 is 15.9 Å². The molecule has 1 N–H and O–H groups in total. The van der Waals surface area contributed by atoms with E-state index in [2.05, 4.69) is 15.9 Å². The number of fused-ring (bicyclic) bond motifs is 1. The molecule has 2 rings (SSSR count). The van der Waals surface area contributed by atoms with Gasteiger partial charge in [0.2, 0.25) is 0 Å². The first kappa shape index (κ1) is 10.8. The van der Waals surface area contributed by atoms with Gasteiger partial charge < -0.3 is 14.6 Å². The summed E-state index contributed by atoms with van der Waals surface area (Å²) >= 11 is 3.45. The summed E-state index contributed by atoms with van der Waals surface area (Å²) in [6.07, 6.45) is -0.518. The second-order valence-corrected chi connectivity index (χ2v) is 4.41. The van der Waals surface area contributed by atoms with Crippen molar-refractivity contribution < 1.29 is 14.6 Å². The Morgan fingerprint density at radius 1 is 1.40 bits per heavy atom. The highest BCUT2D eigenvalue weighted by Gasteiger charge is 2.21. The van der Waals surface area contributed by atoms with Crippen LogP contribution in [-0.4, -0.2) is 18.3 Å². The highest BCUT2D eigenvalue weighted by Crippen LogP contribution is 2.43. The number of benzene rings is 1. The molecule has 0 saturated heterocycles. The summed E-state index contributed by atoms with van der Waals surface area (Å²) in [6.45, 7) is 4.81. The molecule has 1 atom stereocenters. The maximum Gasteiger partial charge on any atom is 0.175 e. The quantitative estimate of drug-likeness (QED) is 0.854. The lowest BCUT2D eigenvalue weighted by molar-refractivity contribution is 0.166. The number of hydrogen-bond acceptors (Lipinski definition) is 3. The predicted octanol–water partition coefficient (Wildman–Crippen LogP) is 2.58. The third kappa shape index (κ3) is 1.84. The third-order valence-electron chi connectivity index (χ3n) is 2.44. The number of ether oxygens (including phenoxy) is 2. The lowest BCUT2D eigenvalue weighted by Crippen LogP contribution is -2.16. The minimum absolute atomic E-state index is 0.518. The van der Waals surface area contributed by atoms with E-state index < -0.39 is 6.10 Å². The molecule has 1 heterocycles. The molecule has 1 aliphatic heterocycles. The minimum Gasteiger partial charge on any atom is -0.486 e. The van der Waals surface area contributed by atoms with Gasteiger partial charge in [-0.05, 0) is 41.4 Å². The number of aliphatic hydroxyl groups excluding tert-OH is 1. The molecule has 1 aliphatic rings. The molecule has 1 aromatic rings. The topological polar surface area (TPSA) is 38.7 Å². The normalized spacial score (nSPS) is 16.3. The van der Waals surface area contributed by atoms with E-state index in [1.807, 2.05) is 13.0 Å². The van der Waals surface area contributed by atoms with E-state index in [-0.39, 0.29) is 0 Å². The Labute approximate surface area is 97.1 Å². The summed E-state index contributed by atoms with van der Waals surface area (Å²) in [6, 6.07) is 1.90. The van der Waals surface area contributed by atoms with Crippen molar-refractivity contribution in [1.29, 1.82) is 0 Å². The van der Waals surface area contributed by atoms with Crippen LogP contribution in [0.1, 0.15) is 24.2 Å². The van der Waals surface area contributed by atoms with Crippen LogP contribution in [-0.2, 0) is 0 Å². The van der Waals surface area contributed by atoms with Gasteiger partial charge in [0.15, 0.2) is 11.5 Å². The second-order valence-electron chi connectivity index (χ2n) is 3.62. The predicted molar refractivity (Wildman–Crippen MR) is 60.5 cm³/mol. The van der Waals surface area contributed by atoms with Crippen LogP contribution in [0.3, 0.4) is 0 Å². The number of aliphatic hydroxyl groups is 1. The van der Waals surface area contributed by atoms with E-state index in [0.717, 1.165) is 21.3 Å². The summed E-state index contributed by atoms with van der Waals surface area (Å²) < 4.78 is 11.8. The maximum atomic E-state index is 9.66. The van der Waals surface area contributed by atoms with E-state index in [0.29, 0.717) is 19.0 Å². The molecule has 0 spiro atoms. The first-order chi connectivity index (χ1) is 7.11. The summed E-state index contributed by atoms with van der Waals surface area (Å²) in [5.74, 6) is 1.44. The molecule has 0 aliphatic carbocycles. The molecule has 3 nitrogen and oxygen atoms in total. The molecular weight excluding hydrogens is 260 g/mol. The molecule has 0 saturated carbocycles. The molecule has 0 fully saturated rings. The zero-order valence-corrected chi connectivity index (χ0v) is 10.3. The zero-order valence-electron chi connectivity index (χ0n) is 8.71. The van der Waals surface area contributed by atoms with E-state index in [9.17, 15) is 5.11 Å². The van der Waals surface area contributed by atoms with Crippen molar-refractivity contribution in [3.63, 3.8) is 0 Å². The van der Waals surface area contributed by atoms with Crippen LogP contribution in [0.4, 0.5) is 0 Å². The van der Waals surface area contributed by atoms with Crippen molar-refractivity contribution in [3.05, 3.63) is 21.7 Å². The Morgan fingerprint density at radius 2 is 2.07 bits per heavy atom. The Morgan fingerprint density at radius 3 is 2.73 bits per heavy atom. The SMILES string of the molecule is Cc1cc2c(c(Br)c1C(C)O)OCCO2.